The number of anilines is 1. The Balaban J connectivity index is 2.33. The Morgan fingerprint density at radius 2 is 1.73 bits per heavy atom. The van der Waals surface area contributed by atoms with Gasteiger partial charge in [0.1, 0.15) is 0 Å². The number of hydrogen-bond acceptors (Lipinski definition) is 3. The van der Waals surface area contributed by atoms with E-state index in [-0.39, 0.29) is 10.5 Å². The summed E-state index contributed by atoms with van der Waals surface area (Å²) in [5.74, 6) is -5.47. The highest BCUT2D eigenvalue weighted by Gasteiger charge is 2.17. The van der Waals surface area contributed by atoms with Crippen molar-refractivity contribution in [3.05, 3.63) is 59.4 Å². The number of rotatable bonds is 3. The number of sulfone groups is 1. The van der Waals surface area contributed by atoms with E-state index in [1.807, 2.05) is 0 Å². The maximum atomic E-state index is 13.5. The molecule has 0 saturated heterocycles. The van der Waals surface area contributed by atoms with Crippen LogP contribution in [0.2, 0.25) is 0 Å². The largest absolute Gasteiger partial charge is 0.319 e. The zero-order chi connectivity index (χ0) is 16.5. The van der Waals surface area contributed by atoms with Crippen LogP contribution in [0.1, 0.15) is 10.4 Å². The van der Waals surface area contributed by atoms with Crippen LogP contribution < -0.4 is 5.32 Å². The van der Waals surface area contributed by atoms with Gasteiger partial charge >= 0.3 is 0 Å². The van der Waals surface area contributed by atoms with Gasteiger partial charge in [-0.05, 0) is 30.3 Å². The summed E-state index contributed by atoms with van der Waals surface area (Å²) in [6.45, 7) is 0. The van der Waals surface area contributed by atoms with Crippen LogP contribution in [0.3, 0.4) is 0 Å². The molecule has 0 aliphatic rings. The molecule has 1 N–H and O–H groups in total. The summed E-state index contributed by atoms with van der Waals surface area (Å²) >= 11 is 0. The summed E-state index contributed by atoms with van der Waals surface area (Å²) in [6.07, 6.45) is 0.971. The fraction of sp³-hybridized carbons (Fsp3) is 0.0714. The minimum absolute atomic E-state index is 0.0629. The molecule has 1 amide bonds. The van der Waals surface area contributed by atoms with E-state index < -0.39 is 38.9 Å². The lowest BCUT2D eigenvalue weighted by Crippen LogP contribution is -2.14. The molecular formula is C14H10F3NO3S. The average Bonchev–Trinajstić information content (AvgIpc) is 2.47. The SMILES string of the molecule is CS(=O)(=O)c1cccc(C(=O)Nc2ccc(F)c(F)c2F)c1. The van der Waals surface area contributed by atoms with Gasteiger partial charge in [-0.3, -0.25) is 4.79 Å². The van der Waals surface area contributed by atoms with E-state index in [4.69, 9.17) is 0 Å². The smallest absolute Gasteiger partial charge is 0.255 e. The van der Waals surface area contributed by atoms with Crippen LogP contribution in [-0.4, -0.2) is 20.6 Å². The summed E-state index contributed by atoms with van der Waals surface area (Å²) in [7, 11) is -3.52. The maximum absolute atomic E-state index is 13.5. The van der Waals surface area contributed by atoms with Gasteiger partial charge in [-0.2, -0.15) is 0 Å². The molecule has 0 aliphatic heterocycles. The monoisotopic (exact) mass is 329 g/mol. The minimum atomic E-state index is -3.52. The third-order valence-electron chi connectivity index (χ3n) is 2.81. The quantitative estimate of drug-likeness (QED) is 0.881. The van der Waals surface area contributed by atoms with E-state index in [1.165, 1.54) is 18.2 Å². The molecule has 0 fully saturated rings. The molecular weight excluding hydrogens is 319 g/mol. The van der Waals surface area contributed by atoms with Crippen molar-refractivity contribution in [1.82, 2.24) is 0 Å². The number of carbonyl (C=O) groups excluding carboxylic acids is 1. The van der Waals surface area contributed by atoms with Crippen LogP contribution in [0.5, 0.6) is 0 Å². The molecule has 0 radical (unpaired) electrons. The van der Waals surface area contributed by atoms with Crippen molar-refractivity contribution in [1.29, 1.82) is 0 Å². The predicted molar refractivity (Wildman–Crippen MR) is 73.8 cm³/mol. The number of hydrogen-bond donors (Lipinski definition) is 1. The van der Waals surface area contributed by atoms with E-state index in [1.54, 1.807) is 0 Å². The Kier molecular flexibility index (Phi) is 4.23. The van der Waals surface area contributed by atoms with Gasteiger partial charge in [-0.15, -0.1) is 0 Å². The molecule has 0 bridgehead atoms. The van der Waals surface area contributed by atoms with Gasteiger partial charge in [-0.1, -0.05) is 6.07 Å². The second-order valence-electron chi connectivity index (χ2n) is 4.48. The van der Waals surface area contributed by atoms with Gasteiger partial charge < -0.3 is 5.32 Å². The molecule has 4 nitrogen and oxygen atoms in total. The summed E-state index contributed by atoms with van der Waals surface area (Å²) < 4.78 is 62.2. The second-order valence-corrected chi connectivity index (χ2v) is 6.49. The normalized spacial score (nSPS) is 11.3. The van der Waals surface area contributed by atoms with Gasteiger partial charge in [0.15, 0.2) is 27.3 Å². The second kappa shape index (κ2) is 5.80. The third-order valence-corrected chi connectivity index (χ3v) is 3.92. The molecule has 0 spiro atoms. The lowest BCUT2D eigenvalue weighted by Gasteiger charge is -2.08. The Hall–Kier alpha value is -2.35. The number of nitrogens with one attached hydrogen (secondary N) is 1. The molecule has 0 aromatic heterocycles. The zero-order valence-electron chi connectivity index (χ0n) is 11.2. The van der Waals surface area contributed by atoms with Gasteiger partial charge in [0.2, 0.25) is 0 Å². The molecule has 116 valence electrons. The first-order valence-electron chi connectivity index (χ1n) is 5.95. The fourth-order valence-corrected chi connectivity index (χ4v) is 2.35. The van der Waals surface area contributed by atoms with Gasteiger partial charge in [-0.25, -0.2) is 21.6 Å². The maximum Gasteiger partial charge on any atom is 0.255 e. The Labute approximate surface area is 124 Å². The average molecular weight is 329 g/mol. The lowest BCUT2D eigenvalue weighted by atomic mass is 10.2. The van der Waals surface area contributed by atoms with Crippen LogP contribution in [0.25, 0.3) is 0 Å². The Bertz CT molecular complexity index is 850. The highest BCUT2D eigenvalue weighted by atomic mass is 32.2. The molecule has 22 heavy (non-hydrogen) atoms. The van der Waals surface area contributed by atoms with E-state index in [9.17, 15) is 26.4 Å². The molecule has 0 heterocycles. The molecule has 2 rings (SSSR count). The first kappa shape index (κ1) is 16.0. The topological polar surface area (TPSA) is 63.2 Å². The van der Waals surface area contributed by atoms with Gasteiger partial charge in [0.05, 0.1) is 10.6 Å². The Morgan fingerprint density at radius 3 is 2.36 bits per heavy atom. The number of halogens is 3. The van der Waals surface area contributed by atoms with Crippen LogP contribution >= 0.6 is 0 Å². The predicted octanol–water partition coefficient (Wildman–Crippen LogP) is 2.76. The summed E-state index contributed by atoms with van der Waals surface area (Å²) in [5, 5.41) is 2.06. The van der Waals surface area contributed by atoms with Crippen molar-refractivity contribution in [3.63, 3.8) is 0 Å². The first-order chi connectivity index (χ1) is 10.2. The number of carbonyl (C=O) groups is 1. The molecule has 2 aromatic carbocycles. The van der Waals surface area contributed by atoms with E-state index in [2.05, 4.69) is 5.32 Å². The Morgan fingerprint density at radius 1 is 1.05 bits per heavy atom. The highest BCUT2D eigenvalue weighted by molar-refractivity contribution is 7.90. The first-order valence-corrected chi connectivity index (χ1v) is 7.84. The van der Waals surface area contributed by atoms with E-state index in [0.717, 1.165) is 18.4 Å². The van der Waals surface area contributed by atoms with Crippen LogP contribution in [0, 0.1) is 17.5 Å². The van der Waals surface area contributed by atoms with Crippen LogP contribution in [0.15, 0.2) is 41.3 Å². The van der Waals surface area contributed by atoms with Crippen molar-refractivity contribution < 1.29 is 26.4 Å². The molecule has 0 aliphatic carbocycles. The summed E-state index contributed by atoms with van der Waals surface area (Å²) in [5.41, 5.74) is -0.610. The van der Waals surface area contributed by atoms with Crippen molar-refractivity contribution in [3.8, 4) is 0 Å². The molecule has 2 aromatic rings. The number of benzene rings is 2. The van der Waals surface area contributed by atoms with Crippen molar-refractivity contribution in [2.75, 3.05) is 11.6 Å². The van der Waals surface area contributed by atoms with Gasteiger partial charge in [0.25, 0.3) is 5.91 Å². The number of amides is 1. The fourth-order valence-electron chi connectivity index (χ4n) is 1.68. The van der Waals surface area contributed by atoms with Crippen LogP contribution in [-0.2, 0) is 9.84 Å². The zero-order valence-corrected chi connectivity index (χ0v) is 12.0. The third kappa shape index (κ3) is 3.28. The highest BCUT2D eigenvalue weighted by Crippen LogP contribution is 2.21. The molecule has 0 saturated carbocycles. The molecule has 0 atom stereocenters. The molecule has 0 unspecified atom stereocenters. The van der Waals surface area contributed by atoms with Gasteiger partial charge in [0, 0.05) is 11.8 Å². The standard InChI is InChI=1S/C14H10F3NO3S/c1-22(20,21)9-4-2-3-8(7-9)14(19)18-11-6-5-10(15)12(16)13(11)17/h2-7H,1H3,(H,18,19). The minimum Gasteiger partial charge on any atom is -0.319 e. The van der Waals surface area contributed by atoms with Crippen molar-refractivity contribution in [2.24, 2.45) is 0 Å². The van der Waals surface area contributed by atoms with E-state index >= 15 is 0 Å². The molecule has 8 heteroatoms. The lowest BCUT2D eigenvalue weighted by molar-refractivity contribution is 0.102. The summed E-state index contributed by atoms with van der Waals surface area (Å²) in [4.78, 5) is 11.9. The van der Waals surface area contributed by atoms with E-state index in [0.29, 0.717) is 6.07 Å². The van der Waals surface area contributed by atoms with Crippen LogP contribution in [0.4, 0.5) is 18.9 Å². The van der Waals surface area contributed by atoms with Crippen molar-refractivity contribution >= 4 is 21.4 Å². The van der Waals surface area contributed by atoms with Crippen molar-refractivity contribution in [2.45, 2.75) is 4.90 Å². The summed E-state index contributed by atoms with van der Waals surface area (Å²) in [6, 6.07) is 6.58.